The van der Waals surface area contributed by atoms with Gasteiger partial charge in [-0.15, -0.1) is 6.58 Å². The highest BCUT2D eigenvalue weighted by atomic mass is 16.5. The lowest BCUT2D eigenvalue weighted by atomic mass is 10.1. The third kappa shape index (κ3) is 4.89. The van der Waals surface area contributed by atoms with Crippen LogP contribution in [0, 0.1) is 0 Å². The van der Waals surface area contributed by atoms with Gasteiger partial charge in [-0.2, -0.15) is 0 Å². The van der Waals surface area contributed by atoms with Crippen LogP contribution in [0.2, 0.25) is 0 Å². The van der Waals surface area contributed by atoms with Crippen molar-refractivity contribution in [3.05, 3.63) is 102 Å². The maximum absolute atomic E-state index is 5.30. The molecule has 30 heavy (non-hydrogen) atoms. The zero-order valence-corrected chi connectivity index (χ0v) is 17.6. The number of pyridine rings is 1. The largest absolute Gasteiger partial charge is 0.497 e. The molecule has 0 saturated heterocycles. The Kier molecular flexibility index (Phi) is 6.45. The van der Waals surface area contributed by atoms with Crippen LogP contribution >= 0.6 is 0 Å². The van der Waals surface area contributed by atoms with E-state index in [2.05, 4.69) is 63.8 Å². The summed E-state index contributed by atoms with van der Waals surface area (Å²) in [6.07, 6.45) is 6.82. The molecule has 0 N–H and O–H groups in total. The molecule has 1 aliphatic heterocycles. The summed E-state index contributed by atoms with van der Waals surface area (Å²) in [5.74, 6) is 0.891. The molecule has 0 unspecified atom stereocenters. The van der Waals surface area contributed by atoms with Gasteiger partial charge in [0.1, 0.15) is 5.75 Å². The van der Waals surface area contributed by atoms with Gasteiger partial charge in [0, 0.05) is 50.8 Å². The standard InChI is InChI=1S/C26H29N3O/c1-3-15-29-16-12-24-17-23(6-9-26(24)29)20-28(19-22-10-13-27-14-11-22)18-21-4-7-25(30-2)8-5-21/h3-11,13-14,17H,1,12,15-16,18-20H2,2H3. The molecule has 0 amide bonds. The first-order valence-corrected chi connectivity index (χ1v) is 10.5. The second-order valence-electron chi connectivity index (χ2n) is 7.80. The van der Waals surface area contributed by atoms with Crippen LogP contribution < -0.4 is 9.64 Å². The molecule has 0 saturated carbocycles. The summed E-state index contributed by atoms with van der Waals surface area (Å²) in [4.78, 5) is 9.04. The van der Waals surface area contributed by atoms with Crippen molar-refractivity contribution in [3.63, 3.8) is 0 Å². The molecule has 0 atom stereocenters. The van der Waals surface area contributed by atoms with Crippen molar-refractivity contribution in [3.8, 4) is 5.75 Å². The number of methoxy groups -OCH3 is 1. The highest BCUT2D eigenvalue weighted by Gasteiger charge is 2.18. The fourth-order valence-electron chi connectivity index (χ4n) is 4.13. The van der Waals surface area contributed by atoms with Crippen LogP contribution in [0.1, 0.15) is 22.3 Å². The van der Waals surface area contributed by atoms with Gasteiger partial charge in [0.2, 0.25) is 0 Å². The predicted molar refractivity (Wildman–Crippen MR) is 123 cm³/mol. The monoisotopic (exact) mass is 399 g/mol. The topological polar surface area (TPSA) is 28.6 Å². The quantitative estimate of drug-likeness (QED) is 0.481. The van der Waals surface area contributed by atoms with Crippen molar-refractivity contribution in [2.75, 3.05) is 25.1 Å². The Labute approximate surface area is 179 Å². The molecule has 4 nitrogen and oxygen atoms in total. The van der Waals surface area contributed by atoms with Crippen molar-refractivity contribution in [1.29, 1.82) is 0 Å². The Morgan fingerprint density at radius 3 is 2.33 bits per heavy atom. The predicted octanol–water partition coefficient (Wildman–Crippen LogP) is 4.84. The van der Waals surface area contributed by atoms with Crippen LogP contribution in [-0.2, 0) is 26.1 Å². The molecular weight excluding hydrogens is 370 g/mol. The van der Waals surface area contributed by atoms with E-state index in [0.717, 1.165) is 44.9 Å². The molecule has 3 aromatic rings. The molecule has 154 valence electrons. The molecule has 0 bridgehead atoms. The van der Waals surface area contributed by atoms with Crippen LogP contribution in [0.3, 0.4) is 0 Å². The van der Waals surface area contributed by atoms with E-state index < -0.39 is 0 Å². The van der Waals surface area contributed by atoms with Crippen molar-refractivity contribution >= 4 is 5.69 Å². The van der Waals surface area contributed by atoms with Gasteiger partial charge in [-0.1, -0.05) is 30.3 Å². The van der Waals surface area contributed by atoms with Gasteiger partial charge in [0.05, 0.1) is 7.11 Å². The van der Waals surface area contributed by atoms with E-state index >= 15 is 0 Å². The summed E-state index contributed by atoms with van der Waals surface area (Å²) in [6.45, 7) is 8.55. The number of hydrogen-bond donors (Lipinski definition) is 0. The van der Waals surface area contributed by atoms with E-state index in [1.54, 1.807) is 7.11 Å². The number of benzene rings is 2. The minimum Gasteiger partial charge on any atom is -0.497 e. The second-order valence-corrected chi connectivity index (χ2v) is 7.80. The van der Waals surface area contributed by atoms with Gasteiger partial charge in [0.15, 0.2) is 0 Å². The van der Waals surface area contributed by atoms with E-state index in [4.69, 9.17) is 4.74 Å². The second kappa shape index (κ2) is 9.59. The lowest BCUT2D eigenvalue weighted by molar-refractivity contribution is 0.247. The Balaban J connectivity index is 1.52. The highest BCUT2D eigenvalue weighted by molar-refractivity contribution is 5.59. The number of nitrogens with zero attached hydrogens (tertiary/aromatic N) is 3. The number of hydrogen-bond acceptors (Lipinski definition) is 4. The molecule has 4 heteroatoms. The normalized spacial score (nSPS) is 12.8. The third-order valence-corrected chi connectivity index (χ3v) is 5.61. The zero-order valence-electron chi connectivity index (χ0n) is 17.6. The van der Waals surface area contributed by atoms with Gasteiger partial charge in [0.25, 0.3) is 0 Å². The van der Waals surface area contributed by atoms with Crippen LogP contribution in [0.25, 0.3) is 0 Å². The lowest BCUT2D eigenvalue weighted by Gasteiger charge is -2.24. The summed E-state index contributed by atoms with van der Waals surface area (Å²) < 4.78 is 5.30. The van der Waals surface area contributed by atoms with Gasteiger partial charge in [-0.25, -0.2) is 0 Å². The maximum Gasteiger partial charge on any atom is 0.118 e. The van der Waals surface area contributed by atoms with E-state index in [9.17, 15) is 0 Å². The first-order valence-electron chi connectivity index (χ1n) is 10.5. The molecule has 0 spiro atoms. The smallest absolute Gasteiger partial charge is 0.118 e. The summed E-state index contributed by atoms with van der Waals surface area (Å²) in [7, 11) is 1.70. The first-order chi connectivity index (χ1) is 14.7. The Hall–Kier alpha value is -3.11. The average molecular weight is 400 g/mol. The Morgan fingerprint density at radius 2 is 1.63 bits per heavy atom. The molecule has 0 radical (unpaired) electrons. The molecule has 2 aromatic carbocycles. The number of rotatable bonds is 9. The molecule has 2 heterocycles. The van der Waals surface area contributed by atoms with Gasteiger partial charge in [-0.05, 0) is 59.0 Å². The molecular formula is C26H29N3O. The van der Waals surface area contributed by atoms with E-state index in [1.165, 1.54) is 27.9 Å². The van der Waals surface area contributed by atoms with E-state index in [0.29, 0.717) is 0 Å². The summed E-state index contributed by atoms with van der Waals surface area (Å²) in [5, 5.41) is 0. The van der Waals surface area contributed by atoms with Crippen molar-refractivity contribution < 1.29 is 4.74 Å². The fraction of sp³-hybridized carbons (Fsp3) is 0.269. The van der Waals surface area contributed by atoms with Gasteiger partial charge >= 0.3 is 0 Å². The van der Waals surface area contributed by atoms with Crippen molar-refractivity contribution in [1.82, 2.24) is 9.88 Å². The Bertz CT molecular complexity index is 969. The minimum absolute atomic E-state index is 0.881. The summed E-state index contributed by atoms with van der Waals surface area (Å²) >= 11 is 0. The zero-order chi connectivity index (χ0) is 20.8. The Morgan fingerprint density at radius 1 is 0.967 bits per heavy atom. The number of aromatic nitrogens is 1. The van der Waals surface area contributed by atoms with Crippen LogP contribution in [-0.4, -0.2) is 30.1 Å². The molecule has 0 aliphatic carbocycles. The van der Waals surface area contributed by atoms with E-state index in [1.807, 2.05) is 30.6 Å². The van der Waals surface area contributed by atoms with Crippen molar-refractivity contribution in [2.24, 2.45) is 0 Å². The van der Waals surface area contributed by atoms with Crippen LogP contribution in [0.4, 0.5) is 5.69 Å². The molecule has 0 fully saturated rings. The SMILES string of the molecule is C=CCN1CCc2cc(CN(Cc3ccncc3)Cc3ccc(OC)cc3)ccc21. The summed E-state index contributed by atoms with van der Waals surface area (Å²) in [5.41, 5.74) is 6.72. The number of anilines is 1. The number of fused-ring (bicyclic) bond motifs is 1. The maximum atomic E-state index is 5.30. The molecule has 1 aromatic heterocycles. The molecule has 1 aliphatic rings. The first kappa shape index (κ1) is 20.2. The van der Waals surface area contributed by atoms with Gasteiger partial charge in [-0.3, -0.25) is 9.88 Å². The van der Waals surface area contributed by atoms with Gasteiger partial charge < -0.3 is 9.64 Å². The minimum atomic E-state index is 0.881. The fourth-order valence-corrected chi connectivity index (χ4v) is 4.13. The third-order valence-electron chi connectivity index (χ3n) is 5.61. The van der Waals surface area contributed by atoms with Crippen LogP contribution in [0.5, 0.6) is 5.75 Å². The van der Waals surface area contributed by atoms with Crippen LogP contribution in [0.15, 0.2) is 79.6 Å². The number of ether oxygens (including phenoxy) is 1. The lowest BCUT2D eigenvalue weighted by Crippen LogP contribution is -2.22. The average Bonchev–Trinajstić information content (AvgIpc) is 3.17. The summed E-state index contributed by atoms with van der Waals surface area (Å²) in [6, 6.07) is 19.5. The highest BCUT2D eigenvalue weighted by Crippen LogP contribution is 2.29. The van der Waals surface area contributed by atoms with Crippen molar-refractivity contribution in [2.45, 2.75) is 26.1 Å². The van der Waals surface area contributed by atoms with E-state index in [-0.39, 0.29) is 0 Å². The molecule has 4 rings (SSSR count).